The van der Waals surface area contributed by atoms with Crippen LogP contribution in [0.2, 0.25) is 0 Å². The van der Waals surface area contributed by atoms with Crippen molar-refractivity contribution in [3.8, 4) is 11.5 Å². The molecule has 1 aromatic heterocycles. The van der Waals surface area contributed by atoms with E-state index in [1.54, 1.807) is 12.1 Å². The molecule has 0 aliphatic carbocycles. The van der Waals surface area contributed by atoms with E-state index in [0.29, 0.717) is 17.7 Å². The molecule has 0 unspecified atom stereocenters. The Morgan fingerprint density at radius 1 is 1.06 bits per heavy atom. The molecule has 0 saturated carbocycles. The average molecular weight is 437 g/mol. The minimum Gasteiger partial charge on any atom is -0.482 e. The van der Waals surface area contributed by atoms with Gasteiger partial charge < -0.3 is 19.2 Å². The fourth-order valence-electron chi connectivity index (χ4n) is 3.24. The summed E-state index contributed by atoms with van der Waals surface area (Å²) in [6.45, 7) is 8.11. The molecule has 0 fully saturated rings. The number of nitrogens with one attached hydrogen (secondary N) is 1. The molecule has 32 heavy (non-hydrogen) atoms. The maximum Gasteiger partial charge on any atom is 0.349 e. The smallest absolute Gasteiger partial charge is 0.349 e. The summed E-state index contributed by atoms with van der Waals surface area (Å²) in [5, 5.41) is 3.25. The number of carbonyl (C=O) groups excluding carboxylic acids is 2. The number of hydrogen-bond acceptors (Lipinski definition) is 6. The number of hydrogen-bond donors (Lipinski definition) is 1. The van der Waals surface area contributed by atoms with Gasteiger partial charge >= 0.3 is 11.6 Å². The summed E-state index contributed by atoms with van der Waals surface area (Å²) in [7, 11) is 0. The molecule has 7 nitrogen and oxygen atoms in total. The summed E-state index contributed by atoms with van der Waals surface area (Å²) in [4.78, 5) is 36.7. The minimum atomic E-state index is -0.747. The van der Waals surface area contributed by atoms with E-state index in [1.807, 2.05) is 39.8 Å². The normalized spacial score (nSPS) is 10.8. The molecule has 1 amide bonds. The van der Waals surface area contributed by atoms with Crippen LogP contribution in [0.15, 0.2) is 45.6 Å². The summed E-state index contributed by atoms with van der Waals surface area (Å²) in [6.07, 6.45) is 1.76. The molecule has 0 radical (unpaired) electrons. The SMILES string of the molecule is CCCCNC(=O)c1cc2ccc(OC(=O)COc3cc(C)cc(C)c3C)cc2oc1=O. The lowest BCUT2D eigenvalue weighted by Crippen LogP contribution is -2.28. The highest BCUT2D eigenvalue weighted by Crippen LogP contribution is 2.24. The predicted octanol–water partition coefficient (Wildman–Crippen LogP) is 4.23. The first-order valence-electron chi connectivity index (χ1n) is 10.6. The number of ether oxygens (including phenoxy) is 2. The number of aryl methyl sites for hydroxylation is 2. The van der Waals surface area contributed by atoms with Crippen molar-refractivity contribution >= 4 is 22.8 Å². The molecule has 1 heterocycles. The van der Waals surface area contributed by atoms with E-state index in [4.69, 9.17) is 13.9 Å². The quantitative estimate of drug-likeness (QED) is 0.245. The summed E-state index contributed by atoms with van der Waals surface area (Å²) >= 11 is 0. The summed E-state index contributed by atoms with van der Waals surface area (Å²) in [6, 6.07) is 10.0. The lowest BCUT2D eigenvalue weighted by molar-refractivity contribution is -0.136. The van der Waals surface area contributed by atoms with Gasteiger partial charge in [-0.2, -0.15) is 0 Å². The van der Waals surface area contributed by atoms with E-state index >= 15 is 0 Å². The van der Waals surface area contributed by atoms with E-state index in [2.05, 4.69) is 5.32 Å². The topological polar surface area (TPSA) is 94.8 Å². The summed E-state index contributed by atoms with van der Waals surface area (Å²) in [5.74, 6) is -0.208. The maximum absolute atomic E-state index is 12.2. The standard InChI is InChI=1S/C25H27NO6/c1-5-6-9-26-24(28)20-12-18-7-8-19(13-22(18)32-25(20)29)31-23(27)14-30-21-11-15(2)10-16(3)17(21)4/h7-8,10-13H,5-6,9,14H2,1-4H3,(H,26,28). The third-order valence-corrected chi connectivity index (χ3v) is 5.11. The van der Waals surface area contributed by atoms with Crippen molar-refractivity contribution in [3.63, 3.8) is 0 Å². The molecule has 2 aromatic carbocycles. The van der Waals surface area contributed by atoms with Gasteiger partial charge in [-0.3, -0.25) is 4.79 Å². The molecule has 0 spiro atoms. The van der Waals surface area contributed by atoms with Crippen LogP contribution in [0.4, 0.5) is 0 Å². The highest BCUT2D eigenvalue weighted by Gasteiger charge is 2.15. The summed E-state index contributed by atoms with van der Waals surface area (Å²) < 4.78 is 16.2. The second-order valence-electron chi connectivity index (χ2n) is 7.72. The van der Waals surface area contributed by atoms with Gasteiger partial charge in [-0.25, -0.2) is 9.59 Å². The fraction of sp³-hybridized carbons (Fsp3) is 0.320. The van der Waals surface area contributed by atoms with Crippen LogP contribution < -0.4 is 20.4 Å². The Hall–Kier alpha value is -3.61. The highest BCUT2D eigenvalue weighted by atomic mass is 16.6. The van der Waals surface area contributed by atoms with Crippen LogP contribution in [-0.2, 0) is 4.79 Å². The van der Waals surface area contributed by atoms with Gasteiger partial charge in [0.15, 0.2) is 6.61 Å². The number of carbonyl (C=O) groups is 2. The average Bonchev–Trinajstić information content (AvgIpc) is 2.74. The third kappa shape index (κ3) is 5.55. The number of unbranched alkanes of at least 4 members (excludes halogenated alkanes) is 1. The van der Waals surface area contributed by atoms with Gasteiger partial charge in [0.25, 0.3) is 5.91 Å². The van der Waals surface area contributed by atoms with Gasteiger partial charge in [0.05, 0.1) is 0 Å². The number of rotatable bonds is 8. The van der Waals surface area contributed by atoms with E-state index < -0.39 is 17.5 Å². The van der Waals surface area contributed by atoms with E-state index in [9.17, 15) is 14.4 Å². The minimum absolute atomic E-state index is 0.0597. The van der Waals surface area contributed by atoms with Crippen molar-refractivity contribution in [3.05, 3.63) is 69.1 Å². The highest BCUT2D eigenvalue weighted by molar-refractivity contribution is 5.96. The molecule has 0 aliphatic heterocycles. The Kier molecular flexibility index (Phi) is 7.30. The Labute approximate surface area is 186 Å². The zero-order valence-electron chi connectivity index (χ0n) is 18.7. The molecule has 168 valence electrons. The molecule has 7 heteroatoms. The molecule has 0 aliphatic rings. The van der Waals surface area contributed by atoms with Gasteiger partial charge in [0.1, 0.15) is 22.6 Å². The van der Waals surface area contributed by atoms with E-state index in [0.717, 1.165) is 29.5 Å². The van der Waals surface area contributed by atoms with Crippen LogP contribution in [-0.4, -0.2) is 25.0 Å². The molecule has 0 saturated heterocycles. The first-order valence-corrected chi connectivity index (χ1v) is 10.6. The van der Waals surface area contributed by atoms with Crippen molar-refractivity contribution in [2.24, 2.45) is 0 Å². The van der Waals surface area contributed by atoms with Crippen LogP contribution >= 0.6 is 0 Å². The monoisotopic (exact) mass is 437 g/mol. The third-order valence-electron chi connectivity index (χ3n) is 5.11. The van der Waals surface area contributed by atoms with Crippen LogP contribution in [0, 0.1) is 20.8 Å². The first-order chi connectivity index (χ1) is 15.3. The molecule has 0 bridgehead atoms. The second kappa shape index (κ2) is 10.1. The largest absolute Gasteiger partial charge is 0.482 e. The number of amides is 1. The van der Waals surface area contributed by atoms with Crippen LogP contribution in [0.25, 0.3) is 11.0 Å². The van der Waals surface area contributed by atoms with Gasteiger partial charge in [-0.05, 0) is 68.1 Å². The second-order valence-corrected chi connectivity index (χ2v) is 7.72. The Morgan fingerprint density at radius 3 is 2.59 bits per heavy atom. The van der Waals surface area contributed by atoms with Gasteiger partial charge in [0, 0.05) is 18.0 Å². The number of esters is 1. The van der Waals surface area contributed by atoms with Crippen molar-refractivity contribution in [2.75, 3.05) is 13.2 Å². The van der Waals surface area contributed by atoms with Crippen LogP contribution in [0.3, 0.4) is 0 Å². The lowest BCUT2D eigenvalue weighted by Gasteiger charge is -2.12. The fourth-order valence-corrected chi connectivity index (χ4v) is 3.24. The summed E-state index contributed by atoms with van der Waals surface area (Å²) in [5.41, 5.74) is 2.50. The predicted molar refractivity (Wildman–Crippen MR) is 122 cm³/mol. The zero-order chi connectivity index (χ0) is 23.3. The van der Waals surface area contributed by atoms with Crippen molar-refractivity contribution in [2.45, 2.75) is 40.5 Å². The van der Waals surface area contributed by atoms with Crippen LogP contribution in [0.1, 0.15) is 46.8 Å². The lowest BCUT2D eigenvalue weighted by atomic mass is 10.1. The van der Waals surface area contributed by atoms with E-state index in [-0.39, 0.29) is 23.5 Å². The Balaban J connectivity index is 1.69. The Bertz CT molecular complexity index is 1210. The maximum atomic E-state index is 12.2. The van der Waals surface area contributed by atoms with E-state index in [1.165, 1.54) is 12.1 Å². The molecule has 1 N–H and O–H groups in total. The first kappa shape index (κ1) is 23.1. The molecule has 3 aromatic rings. The Morgan fingerprint density at radius 2 is 1.84 bits per heavy atom. The van der Waals surface area contributed by atoms with Gasteiger partial charge in [-0.15, -0.1) is 0 Å². The van der Waals surface area contributed by atoms with Crippen molar-refractivity contribution < 1.29 is 23.5 Å². The van der Waals surface area contributed by atoms with Crippen LogP contribution in [0.5, 0.6) is 11.5 Å². The molecule has 3 rings (SSSR count). The number of benzene rings is 2. The van der Waals surface area contributed by atoms with Crippen molar-refractivity contribution in [1.82, 2.24) is 5.32 Å². The van der Waals surface area contributed by atoms with Gasteiger partial charge in [0.2, 0.25) is 0 Å². The number of fused-ring (bicyclic) bond motifs is 1. The zero-order valence-corrected chi connectivity index (χ0v) is 18.7. The molecular formula is C25H27NO6. The van der Waals surface area contributed by atoms with Gasteiger partial charge in [-0.1, -0.05) is 19.4 Å². The molecular weight excluding hydrogens is 410 g/mol. The van der Waals surface area contributed by atoms with Crippen molar-refractivity contribution in [1.29, 1.82) is 0 Å². The molecule has 0 atom stereocenters.